The van der Waals surface area contributed by atoms with Crippen LogP contribution in [0.5, 0.6) is 11.5 Å². The highest BCUT2D eigenvalue weighted by atomic mass is 19.4. The van der Waals surface area contributed by atoms with Gasteiger partial charge in [0.1, 0.15) is 6.61 Å². The average molecular weight is 246 g/mol. The molecule has 1 aromatic carbocycles. The van der Waals surface area contributed by atoms with Crippen LogP contribution in [-0.4, -0.2) is 13.7 Å². The Kier molecular flexibility index (Phi) is 4.04. The Hall–Kier alpha value is -1.65. The second-order valence-corrected chi connectivity index (χ2v) is 3.61. The lowest BCUT2D eigenvalue weighted by Gasteiger charge is -2.13. The predicted molar refractivity (Wildman–Crippen MR) is 58.3 cm³/mol. The van der Waals surface area contributed by atoms with Crippen LogP contribution in [-0.2, 0) is 6.18 Å². The molecule has 0 N–H and O–H groups in total. The van der Waals surface area contributed by atoms with Gasteiger partial charge in [0, 0.05) is 0 Å². The molecule has 0 radical (unpaired) electrons. The minimum absolute atomic E-state index is 0.0566. The van der Waals surface area contributed by atoms with Crippen LogP contribution in [0, 0.1) is 0 Å². The van der Waals surface area contributed by atoms with Gasteiger partial charge in [-0.15, -0.1) is 0 Å². The monoisotopic (exact) mass is 246 g/mol. The molecule has 0 aromatic heterocycles. The van der Waals surface area contributed by atoms with Crippen molar-refractivity contribution >= 4 is 0 Å². The topological polar surface area (TPSA) is 18.5 Å². The molecular weight excluding hydrogens is 233 g/mol. The number of halogens is 3. The first-order chi connectivity index (χ1) is 7.84. The van der Waals surface area contributed by atoms with Crippen molar-refractivity contribution in [2.45, 2.75) is 13.1 Å². The van der Waals surface area contributed by atoms with Crippen molar-refractivity contribution in [2.24, 2.45) is 0 Å². The zero-order valence-electron chi connectivity index (χ0n) is 9.60. The van der Waals surface area contributed by atoms with E-state index in [9.17, 15) is 13.2 Å². The summed E-state index contributed by atoms with van der Waals surface area (Å²) in [4.78, 5) is 0. The summed E-state index contributed by atoms with van der Waals surface area (Å²) in [7, 11) is 1.29. The van der Waals surface area contributed by atoms with Crippen molar-refractivity contribution in [2.75, 3.05) is 13.7 Å². The molecule has 0 aliphatic heterocycles. The zero-order chi connectivity index (χ0) is 13.1. The van der Waals surface area contributed by atoms with Gasteiger partial charge in [0.15, 0.2) is 11.5 Å². The minimum atomic E-state index is -4.39. The Balaban J connectivity index is 2.97. The molecule has 2 nitrogen and oxygen atoms in total. The van der Waals surface area contributed by atoms with E-state index in [0.29, 0.717) is 0 Å². The Morgan fingerprint density at radius 2 is 1.94 bits per heavy atom. The van der Waals surface area contributed by atoms with E-state index < -0.39 is 11.7 Å². The number of hydrogen-bond acceptors (Lipinski definition) is 2. The summed E-state index contributed by atoms with van der Waals surface area (Å²) < 4.78 is 47.4. The lowest BCUT2D eigenvalue weighted by molar-refractivity contribution is -0.137. The fourth-order valence-corrected chi connectivity index (χ4v) is 1.16. The fourth-order valence-electron chi connectivity index (χ4n) is 1.16. The molecule has 0 fully saturated rings. The molecule has 17 heavy (non-hydrogen) atoms. The van der Waals surface area contributed by atoms with E-state index in [0.717, 1.165) is 17.7 Å². The molecule has 0 heterocycles. The molecule has 0 bridgehead atoms. The highest BCUT2D eigenvalue weighted by Gasteiger charge is 2.31. The Morgan fingerprint density at radius 1 is 1.29 bits per heavy atom. The SMILES string of the molecule is C=C(C)COc1ccc(C(F)(F)F)cc1OC. The standard InChI is InChI=1S/C12H13F3O2/c1-8(2)7-17-10-5-4-9(12(13,14)15)6-11(10)16-3/h4-6H,1,7H2,2-3H3. The van der Waals surface area contributed by atoms with Gasteiger partial charge < -0.3 is 9.47 Å². The van der Waals surface area contributed by atoms with E-state index in [4.69, 9.17) is 9.47 Å². The molecule has 0 spiro atoms. The summed E-state index contributed by atoms with van der Waals surface area (Å²) in [6.07, 6.45) is -4.39. The second kappa shape index (κ2) is 5.12. The van der Waals surface area contributed by atoms with E-state index in [1.807, 2.05) is 0 Å². The lowest BCUT2D eigenvalue weighted by atomic mass is 10.2. The van der Waals surface area contributed by atoms with Crippen LogP contribution in [0.1, 0.15) is 12.5 Å². The first-order valence-electron chi connectivity index (χ1n) is 4.87. The van der Waals surface area contributed by atoms with Crippen molar-refractivity contribution < 1.29 is 22.6 Å². The first-order valence-corrected chi connectivity index (χ1v) is 4.87. The van der Waals surface area contributed by atoms with Gasteiger partial charge in [0.05, 0.1) is 12.7 Å². The fraction of sp³-hybridized carbons (Fsp3) is 0.333. The van der Waals surface area contributed by atoms with Crippen LogP contribution in [0.25, 0.3) is 0 Å². The van der Waals surface area contributed by atoms with Crippen LogP contribution in [0.15, 0.2) is 30.4 Å². The van der Waals surface area contributed by atoms with Crippen LogP contribution >= 0.6 is 0 Å². The van der Waals surface area contributed by atoms with Gasteiger partial charge in [-0.05, 0) is 30.7 Å². The molecule has 94 valence electrons. The number of methoxy groups -OCH3 is 1. The number of benzene rings is 1. The van der Waals surface area contributed by atoms with Gasteiger partial charge >= 0.3 is 6.18 Å². The van der Waals surface area contributed by atoms with Crippen LogP contribution < -0.4 is 9.47 Å². The van der Waals surface area contributed by atoms with Gasteiger partial charge in [0.2, 0.25) is 0 Å². The van der Waals surface area contributed by atoms with Crippen molar-refractivity contribution in [1.82, 2.24) is 0 Å². The summed E-state index contributed by atoms with van der Waals surface area (Å²) in [6.45, 7) is 5.63. The number of hydrogen-bond donors (Lipinski definition) is 0. The maximum Gasteiger partial charge on any atom is 0.416 e. The molecule has 0 saturated heterocycles. The maximum absolute atomic E-state index is 12.4. The third-order valence-corrected chi connectivity index (χ3v) is 1.97. The number of rotatable bonds is 4. The largest absolute Gasteiger partial charge is 0.493 e. The first kappa shape index (κ1) is 13.4. The normalized spacial score (nSPS) is 11.1. The second-order valence-electron chi connectivity index (χ2n) is 3.61. The van der Waals surface area contributed by atoms with Gasteiger partial charge in [0.25, 0.3) is 0 Å². The minimum Gasteiger partial charge on any atom is -0.493 e. The van der Waals surface area contributed by atoms with E-state index >= 15 is 0 Å². The van der Waals surface area contributed by atoms with Gasteiger partial charge in [-0.1, -0.05) is 6.58 Å². The highest BCUT2D eigenvalue weighted by molar-refractivity contribution is 5.43. The summed E-state index contributed by atoms with van der Waals surface area (Å²) in [5.74, 6) is 0.324. The predicted octanol–water partition coefficient (Wildman–Crippen LogP) is 3.67. The Morgan fingerprint density at radius 3 is 2.41 bits per heavy atom. The average Bonchev–Trinajstić information content (AvgIpc) is 2.24. The molecular formula is C12H13F3O2. The van der Waals surface area contributed by atoms with E-state index in [1.165, 1.54) is 13.2 Å². The zero-order valence-corrected chi connectivity index (χ0v) is 9.60. The van der Waals surface area contributed by atoms with Crippen molar-refractivity contribution in [3.63, 3.8) is 0 Å². The smallest absolute Gasteiger partial charge is 0.416 e. The number of alkyl halides is 3. The maximum atomic E-state index is 12.4. The molecule has 0 aliphatic rings. The van der Waals surface area contributed by atoms with E-state index in [2.05, 4.69) is 6.58 Å². The molecule has 0 aliphatic carbocycles. The van der Waals surface area contributed by atoms with Crippen molar-refractivity contribution in [1.29, 1.82) is 0 Å². The summed E-state index contributed by atoms with van der Waals surface area (Å²) in [5.41, 5.74) is 0.00368. The summed E-state index contributed by atoms with van der Waals surface area (Å²) >= 11 is 0. The summed E-state index contributed by atoms with van der Waals surface area (Å²) in [6, 6.07) is 3.11. The van der Waals surface area contributed by atoms with Crippen molar-refractivity contribution in [3.8, 4) is 11.5 Å². The van der Waals surface area contributed by atoms with E-state index in [1.54, 1.807) is 6.92 Å². The molecule has 1 rings (SSSR count). The highest BCUT2D eigenvalue weighted by Crippen LogP contribution is 2.36. The van der Waals surface area contributed by atoms with Crippen LogP contribution in [0.3, 0.4) is 0 Å². The molecule has 0 atom stereocenters. The van der Waals surface area contributed by atoms with Crippen molar-refractivity contribution in [3.05, 3.63) is 35.9 Å². The number of ether oxygens (including phenoxy) is 2. The molecule has 0 saturated carbocycles. The molecule has 1 aromatic rings. The molecule has 5 heteroatoms. The van der Waals surface area contributed by atoms with Gasteiger partial charge in [-0.2, -0.15) is 13.2 Å². The van der Waals surface area contributed by atoms with Crippen LogP contribution in [0.4, 0.5) is 13.2 Å². The van der Waals surface area contributed by atoms with Crippen LogP contribution in [0.2, 0.25) is 0 Å². The Bertz CT molecular complexity index is 411. The van der Waals surface area contributed by atoms with E-state index in [-0.39, 0.29) is 18.1 Å². The quantitative estimate of drug-likeness (QED) is 0.755. The molecule has 0 amide bonds. The van der Waals surface area contributed by atoms with Gasteiger partial charge in [-0.25, -0.2) is 0 Å². The summed E-state index contributed by atoms with van der Waals surface area (Å²) in [5, 5.41) is 0. The third kappa shape index (κ3) is 3.69. The van der Waals surface area contributed by atoms with Gasteiger partial charge in [-0.3, -0.25) is 0 Å². The third-order valence-electron chi connectivity index (χ3n) is 1.97. The Labute approximate surface area is 97.7 Å². The lowest BCUT2D eigenvalue weighted by Crippen LogP contribution is -2.06. The molecule has 0 unspecified atom stereocenters.